The van der Waals surface area contributed by atoms with Gasteiger partial charge in [0, 0.05) is 25.4 Å². The number of nitrogens with zero attached hydrogens (tertiary/aromatic N) is 4. The van der Waals surface area contributed by atoms with E-state index in [4.69, 9.17) is 10.1 Å². The molecule has 2 amide bonds. The van der Waals surface area contributed by atoms with Crippen LogP contribution in [0.1, 0.15) is 65.1 Å². The molecule has 218 valence electrons. The molecule has 3 fully saturated rings. The van der Waals surface area contributed by atoms with Gasteiger partial charge >= 0.3 is 5.97 Å². The van der Waals surface area contributed by atoms with Crippen molar-refractivity contribution < 1.29 is 28.6 Å². The number of carboxylic acids is 1. The molecule has 42 heavy (non-hydrogen) atoms. The van der Waals surface area contributed by atoms with Crippen molar-refractivity contribution in [3.05, 3.63) is 66.0 Å². The molecule has 13 heteroatoms. The molecule has 12 nitrogen and oxygen atoms in total. The third kappa shape index (κ3) is 4.64. The van der Waals surface area contributed by atoms with E-state index in [9.17, 15) is 23.9 Å². The van der Waals surface area contributed by atoms with Crippen molar-refractivity contribution >= 4 is 35.0 Å². The Balaban J connectivity index is 1.17. The number of fused-ring (bicyclic) bond motifs is 5. The number of amides is 2. The van der Waals surface area contributed by atoms with Gasteiger partial charge in [-0.25, -0.2) is 13.9 Å². The summed E-state index contributed by atoms with van der Waals surface area (Å²) >= 11 is 0. The number of amidine groups is 1. The third-order valence-corrected chi connectivity index (χ3v) is 8.95. The summed E-state index contributed by atoms with van der Waals surface area (Å²) in [5.74, 6) is -1.85. The van der Waals surface area contributed by atoms with E-state index in [1.165, 1.54) is 12.3 Å². The van der Waals surface area contributed by atoms with Crippen LogP contribution < -0.4 is 20.3 Å². The lowest BCUT2D eigenvalue weighted by Gasteiger charge is -2.51. The number of rotatable bonds is 8. The highest BCUT2D eigenvalue weighted by molar-refractivity contribution is 6.01. The van der Waals surface area contributed by atoms with E-state index in [0.29, 0.717) is 62.1 Å². The number of carboxylic acid groups (broad SMARTS) is 1. The summed E-state index contributed by atoms with van der Waals surface area (Å²) in [5.41, 5.74) is 0.0569. The standard InChI is InChI=1S/C29H30FN7O5/c1-2-36-20-11-17(3-4-22(20)42-15-23(36)31)13-32-25(38)19-12-21(37-24(35-19)18(30)14-34-37)26(39)33-16-28-5-8-29(9-6-28,10-7-28)27(40)41/h2-4,11-12,14,31H,1,5-10,13,15-16H2,(H,32,38)(H,33,39)(H,40,41). The summed E-state index contributed by atoms with van der Waals surface area (Å²) in [6, 6.07) is 6.57. The van der Waals surface area contributed by atoms with Crippen LogP contribution in [0.4, 0.5) is 10.1 Å². The summed E-state index contributed by atoms with van der Waals surface area (Å²) in [6.07, 6.45) is 6.31. The molecule has 7 rings (SSSR count). The highest BCUT2D eigenvalue weighted by atomic mass is 19.1. The van der Waals surface area contributed by atoms with E-state index in [0.717, 1.165) is 10.7 Å². The van der Waals surface area contributed by atoms with Crippen molar-refractivity contribution in [2.24, 2.45) is 10.8 Å². The van der Waals surface area contributed by atoms with Crippen LogP contribution in [0.2, 0.25) is 0 Å². The maximum absolute atomic E-state index is 14.5. The van der Waals surface area contributed by atoms with Gasteiger partial charge in [-0.3, -0.25) is 24.7 Å². The van der Waals surface area contributed by atoms with E-state index >= 15 is 0 Å². The van der Waals surface area contributed by atoms with Crippen LogP contribution in [0, 0.1) is 22.1 Å². The molecule has 0 radical (unpaired) electrons. The minimum Gasteiger partial charge on any atom is -0.483 e. The molecule has 4 aliphatic rings. The summed E-state index contributed by atoms with van der Waals surface area (Å²) < 4.78 is 21.2. The normalized spacial score (nSPS) is 22.8. The van der Waals surface area contributed by atoms with Gasteiger partial charge in [-0.05, 0) is 61.6 Å². The number of hydrogen-bond acceptors (Lipinski definition) is 7. The number of nitrogens with one attached hydrogen (secondary N) is 3. The molecular formula is C29H30FN7O5. The molecule has 2 bridgehead atoms. The number of anilines is 1. The predicted octanol–water partition coefficient (Wildman–Crippen LogP) is 3.27. The Labute approximate surface area is 240 Å². The van der Waals surface area contributed by atoms with Crippen molar-refractivity contribution in [1.82, 2.24) is 25.2 Å². The Bertz CT molecular complexity index is 1630. The fourth-order valence-electron chi connectivity index (χ4n) is 6.25. The number of hydrogen-bond donors (Lipinski definition) is 4. The van der Waals surface area contributed by atoms with Gasteiger partial charge in [0.05, 0.1) is 17.3 Å². The number of carbonyl (C=O) groups is 3. The fraction of sp³-hybridized carbons (Fsp3) is 0.379. The molecule has 1 aromatic carbocycles. The maximum atomic E-state index is 14.5. The van der Waals surface area contributed by atoms with Gasteiger partial charge in [-0.15, -0.1) is 0 Å². The van der Waals surface area contributed by atoms with Crippen LogP contribution in [-0.2, 0) is 11.3 Å². The zero-order valence-corrected chi connectivity index (χ0v) is 22.8. The molecule has 3 heterocycles. The smallest absolute Gasteiger partial charge is 0.309 e. The summed E-state index contributed by atoms with van der Waals surface area (Å²) in [4.78, 5) is 43.9. The van der Waals surface area contributed by atoms with E-state index in [2.05, 4.69) is 27.3 Å². The molecule has 3 aromatic rings. The van der Waals surface area contributed by atoms with Crippen molar-refractivity contribution in [2.75, 3.05) is 18.1 Å². The Kier molecular flexibility index (Phi) is 6.66. The SMILES string of the molecule is C=CN1C(=N)COc2ccc(CNC(=O)c3cc(C(=O)NCC45CCC(C(=O)O)(CC4)CC5)n4ncc(F)c4n3)cc21. The zero-order chi connectivity index (χ0) is 29.6. The molecule has 0 unspecified atom stereocenters. The Morgan fingerprint density at radius 1 is 1.12 bits per heavy atom. The van der Waals surface area contributed by atoms with E-state index in [1.54, 1.807) is 23.1 Å². The molecule has 2 aromatic heterocycles. The second-order valence-electron chi connectivity index (χ2n) is 11.3. The monoisotopic (exact) mass is 575 g/mol. The highest BCUT2D eigenvalue weighted by Gasteiger charge is 2.52. The molecule has 1 aliphatic heterocycles. The van der Waals surface area contributed by atoms with Crippen molar-refractivity contribution in [3.8, 4) is 5.75 Å². The summed E-state index contributed by atoms with van der Waals surface area (Å²) in [7, 11) is 0. The average Bonchev–Trinajstić information content (AvgIpc) is 3.39. The van der Waals surface area contributed by atoms with Crippen LogP contribution in [0.25, 0.3) is 5.65 Å². The second kappa shape index (κ2) is 10.2. The van der Waals surface area contributed by atoms with Gasteiger partial charge in [0.15, 0.2) is 11.5 Å². The fourth-order valence-corrected chi connectivity index (χ4v) is 6.25. The molecule has 0 atom stereocenters. The predicted molar refractivity (Wildman–Crippen MR) is 149 cm³/mol. The minimum absolute atomic E-state index is 0.0389. The van der Waals surface area contributed by atoms with Crippen molar-refractivity contribution in [3.63, 3.8) is 0 Å². The minimum atomic E-state index is -0.775. The van der Waals surface area contributed by atoms with Crippen LogP contribution in [0.5, 0.6) is 5.75 Å². The molecule has 0 saturated heterocycles. The quantitative estimate of drug-likeness (QED) is 0.318. The summed E-state index contributed by atoms with van der Waals surface area (Å²) in [5, 5.41) is 27.3. The van der Waals surface area contributed by atoms with Crippen LogP contribution in [0.15, 0.2) is 43.2 Å². The van der Waals surface area contributed by atoms with Crippen LogP contribution in [0.3, 0.4) is 0 Å². The van der Waals surface area contributed by atoms with Gasteiger partial charge in [0.2, 0.25) is 0 Å². The Morgan fingerprint density at radius 2 is 1.86 bits per heavy atom. The van der Waals surface area contributed by atoms with Crippen LogP contribution >= 0.6 is 0 Å². The number of benzene rings is 1. The zero-order valence-electron chi connectivity index (χ0n) is 22.8. The number of aromatic nitrogens is 3. The molecule has 0 spiro atoms. The van der Waals surface area contributed by atoms with Crippen LogP contribution in [-0.4, -0.2) is 56.5 Å². The lowest BCUT2D eigenvalue weighted by Crippen LogP contribution is -2.50. The molecular weight excluding hydrogens is 545 g/mol. The first-order valence-corrected chi connectivity index (χ1v) is 13.7. The van der Waals surface area contributed by atoms with E-state index < -0.39 is 29.0 Å². The average molecular weight is 576 g/mol. The maximum Gasteiger partial charge on any atom is 0.309 e. The van der Waals surface area contributed by atoms with Crippen molar-refractivity contribution in [1.29, 1.82) is 5.41 Å². The number of aliphatic carboxylic acids is 1. The first-order valence-electron chi connectivity index (χ1n) is 13.7. The Morgan fingerprint density at radius 3 is 2.55 bits per heavy atom. The number of halogens is 1. The number of ether oxygens (including phenoxy) is 1. The van der Waals surface area contributed by atoms with Gasteiger partial charge < -0.3 is 20.5 Å². The molecule has 3 aliphatic carbocycles. The lowest BCUT2D eigenvalue weighted by atomic mass is 9.53. The van der Waals surface area contributed by atoms with Gasteiger partial charge in [0.25, 0.3) is 11.8 Å². The van der Waals surface area contributed by atoms with E-state index in [1.807, 2.05) is 0 Å². The second-order valence-corrected chi connectivity index (χ2v) is 11.3. The van der Waals surface area contributed by atoms with Gasteiger partial charge in [-0.2, -0.15) is 5.10 Å². The van der Waals surface area contributed by atoms with Gasteiger partial charge in [0.1, 0.15) is 29.6 Å². The summed E-state index contributed by atoms with van der Waals surface area (Å²) in [6.45, 7) is 4.31. The topological polar surface area (TPSA) is 162 Å². The highest BCUT2D eigenvalue weighted by Crippen LogP contribution is 2.56. The first-order chi connectivity index (χ1) is 20.1. The number of carbonyl (C=O) groups excluding carboxylic acids is 2. The van der Waals surface area contributed by atoms with Crippen molar-refractivity contribution in [2.45, 2.75) is 45.1 Å². The van der Waals surface area contributed by atoms with Gasteiger partial charge in [-0.1, -0.05) is 12.6 Å². The largest absolute Gasteiger partial charge is 0.483 e. The molecule has 4 N–H and O–H groups in total. The Hall–Kier alpha value is -4.81. The lowest BCUT2D eigenvalue weighted by molar-refractivity contribution is -0.158. The first kappa shape index (κ1) is 27.4. The third-order valence-electron chi connectivity index (χ3n) is 8.95. The van der Waals surface area contributed by atoms with E-state index in [-0.39, 0.29) is 41.4 Å². The molecule has 3 saturated carbocycles.